The number of para-hydroxylation sites is 1. The molecule has 1 aliphatic rings. The Morgan fingerprint density at radius 2 is 2.10 bits per heavy atom. The van der Waals surface area contributed by atoms with Crippen molar-refractivity contribution in [2.24, 2.45) is 0 Å². The quantitative estimate of drug-likeness (QED) is 0.893. The summed E-state index contributed by atoms with van der Waals surface area (Å²) in [6.07, 6.45) is 1.80. The highest BCUT2D eigenvalue weighted by atomic mass is 35.5. The zero-order chi connectivity index (χ0) is 13.9. The molecule has 1 fully saturated rings. The van der Waals surface area contributed by atoms with Crippen molar-refractivity contribution < 1.29 is 13.2 Å². The van der Waals surface area contributed by atoms with Crippen LogP contribution in [0.4, 0.5) is 0 Å². The molecule has 114 valence electrons. The van der Waals surface area contributed by atoms with Gasteiger partial charge in [-0.3, -0.25) is 0 Å². The van der Waals surface area contributed by atoms with Crippen LogP contribution in [0.1, 0.15) is 12.8 Å². The lowest BCUT2D eigenvalue weighted by molar-refractivity contribution is 0.370. The lowest BCUT2D eigenvalue weighted by atomic mass is 10.2. The Morgan fingerprint density at radius 1 is 1.40 bits per heavy atom. The second-order valence-electron chi connectivity index (χ2n) is 4.62. The lowest BCUT2D eigenvalue weighted by Crippen LogP contribution is -2.40. The fourth-order valence-electron chi connectivity index (χ4n) is 2.52. The first-order chi connectivity index (χ1) is 9.11. The Hall–Kier alpha value is -0.820. The molecule has 1 N–H and O–H groups in total. The first-order valence-electron chi connectivity index (χ1n) is 6.40. The molecule has 7 heteroatoms. The summed E-state index contributed by atoms with van der Waals surface area (Å²) in [5.74, 6) is 0.401. The number of ether oxygens (including phenoxy) is 1. The van der Waals surface area contributed by atoms with Gasteiger partial charge < -0.3 is 10.1 Å². The van der Waals surface area contributed by atoms with Crippen molar-refractivity contribution in [3.63, 3.8) is 0 Å². The van der Waals surface area contributed by atoms with Crippen LogP contribution in [0.15, 0.2) is 29.2 Å². The molecule has 1 unspecified atom stereocenters. The van der Waals surface area contributed by atoms with Crippen LogP contribution in [0.2, 0.25) is 0 Å². The van der Waals surface area contributed by atoms with Crippen LogP contribution in [-0.2, 0) is 10.0 Å². The summed E-state index contributed by atoms with van der Waals surface area (Å²) in [5, 5.41) is 3.05. The van der Waals surface area contributed by atoms with Crippen LogP contribution in [-0.4, -0.2) is 46.0 Å². The number of methoxy groups -OCH3 is 1. The highest BCUT2D eigenvalue weighted by molar-refractivity contribution is 7.89. The van der Waals surface area contributed by atoms with Gasteiger partial charge >= 0.3 is 0 Å². The second-order valence-corrected chi connectivity index (χ2v) is 6.48. The SMILES string of the molecule is CNCC1CCCN1S(=O)(=O)c1ccccc1OC.Cl. The maximum atomic E-state index is 12.7. The topological polar surface area (TPSA) is 58.6 Å². The van der Waals surface area contributed by atoms with Gasteiger partial charge in [0.05, 0.1) is 7.11 Å². The zero-order valence-corrected chi connectivity index (χ0v) is 13.3. The molecule has 1 aromatic carbocycles. The summed E-state index contributed by atoms with van der Waals surface area (Å²) in [6, 6.07) is 6.80. The highest BCUT2D eigenvalue weighted by Gasteiger charge is 2.36. The average Bonchev–Trinajstić information content (AvgIpc) is 2.88. The van der Waals surface area contributed by atoms with E-state index in [0.717, 1.165) is 12.8 Å². The maximum absolute atomic E-state index is 12.7. The molecule has 0 saturated carbocycles. The first kappa shape index (κ1) is 17.2. The Balaban J connectivity index is 0.00000200. The number of hydrogen-bond acceptors (Lipinski definition) is 4. The van der Waals surface area contributed by atoms with Gasteiger partial charge in [0.15, 0.2) is 0 Å². The van der Waals surface area contributed by atoms with Crippen molar-refractivity contribution >= 4 is 22.4 Å². The Labute approximate surface area is 126 Å². The Kier molecular flexibility index (Phi) is 6.26. The molecule has 20 heavy (non-hydrogen) atoms. The third-order valence-electron chi connectivity index (χ3n) is 3.42. The van der Waals surface area contributed by atoms with Crippen molar-refractivity contribution in [2.75, 3.05) is 27.2 Å². The van der Waals surface area contributed by atoms with Crippen LogP contribution in [0.25, 0.3) is 0 Å². The van der Waals surface area contributed by atoms with Crippen LogP contribution >= 0.6 is 12.4 Å². The highest BCUT2D eigenvalue weighted by Crippen LogP contribution is 2.30. The predicted molar refractivity (Wildman–Crippen MR) is 81.1 cm³/mol. The molecule has 1 aliphatic heterocycles. The lowest BCUT2D eigenvalue weighted by Gasteiger charge is -2.24. The number of sulfonamides is 1. The van der Waals surface area contributed by atoms with Crippen LogP contribution in [0.5, 0.6) is 5.75 Å². The predicted octanol–water partition coefficient (Wildman–Crippen LogP) is 1.49. The molecule has 0 amide bonds. The first-order valence-corrected chi connectivity index (χ1v) is 7.84. The third kappa shape index (κ3) is 3.25. The normalized spacial score (nSPS) is 19.6. The standard InChI is InChI=1S/C13H20N2O3S.ClH/c1-14-10-11-6-5-9-15(11)19(16,17)13-8-4-3-7-12(13)18-2;/h3-4,7-8,11,14H,5-6,9-10H2,1-2H3;1H. The van der Waals surface area contributed by atoms with E-state index in [2.05, 4.69) is 5.32 Å². The number of nitrogens with zero attached hydrogens (tertiary/aromatic N) is 1. The van der Waals surface area contributed by atoms with Gasteiger partial charge in [-0.15, -0.1) is 12.4 Å². The van der Waals surface area contributed by atoms with E-state index in [-0.39, 0.29) is 23.3 Å². The van der Waals surface area contributed by atoms with Crippen molar-refractivity contribution in [3.05, 3.63) is 24.3 Å². The average molecular weight is 321 g/mol. The van der Waals surface area contributed by atoms with Gasteiger partial charge in [0.2, 0.25) is 10.0 Å². The fraction of sp³-hybridized carbons (Fsp3) is 0.538. The number of hydrogen-bond donors (Lipinski definition) is 1. The van der Waals surface area contributed by atoms with Gasteiger partial charge in [-0.05, 0) is 32.0 Å². The van der Waals surface area contributed by atoms with Crippen molar-refractivity contribution in [2.45, 2.75) is 23.8 Å². The van der Waals surface area contributed by atoms with E-state index >= 15 is 0 Å². The number of halogens is 1. The number of rotatable bonds is 5. The van der Waals surface area contributed by atoms with E-state index in [1.165, 1.54) is 7.11 Å². The molecule has 1 saturated heterocycles. The summed E-state index contributed by atoms with van der Waals surface area (Å²) < 4.78 is 32.2. The zero-order valence-electron chi connectivity index (χ0n) is 11.7. The van der Waals surface area contributed by atoms with E-state index in [4.69, 9.17) is 4.74 Å². The molecular weight excluding hydrogens is 300 g/mol. The fourth-order valence-corrected chi connectivity index (χ4v) is 4.37. The Bertz CT molecular complexity index is 536. The molecule has 0 radical (unpaired) electrons. The van der Waals surface area contributed by atoms with Gasteiger partial charge in [0.1, 0.15) is 10.6 Å². The smallest absolute Gasteiger partial charge is 0.247 e. The molecule has 0 spiro atoms. The molecule has 1 atom stereocenters. The number of benzene rings is 1. The van der Waals surface area contributed by atoms with Gasteiger partial charge in [0.25, 0.3) is 0 Å². The van der Waals surface area contributed by atoms with E-state index < -0.39 is 10.0 Å². The minimum Gasteiger partial charge on any atom is -0.495 e. The van der Waals surface area contributed by atoms with E-state index in [1.54, 1.807) is 28.6 Å². The van der Waals surface area contributed by atoms with Gasteiger partial charge in [-0.1, -0.05) is 12.1 Å². The van der Waals surface area contributed by atoms with Gasteiger partial charge in [-0.2, -0.15) is 4.31 Å². The van der Waals surface area contributed by atoms with Crippen LogP contribution < -0.4 is 10.1 Å². The largest absolute Gasteiger partial charge is 0.495 e. The summed E-state index contributed by atoms with van der Waals surface area (Å²) >= 11 is 0. The van der Waals surface area contributed by atoms with Crippen molar-refractivity contribution in [1.29, 1.82) is 0 Å². The van der Waals surface area contributed by atoms with E-state index in [9.17, 15) is 8.42 Å². The minimum absolute atomic E-state index is 0. The van der Waals surface area contributed by atoms with Gasteiger partial charge in [0, 0.05) is 19.1 Å². The molecule has 0 aromatic heterocycles. The van der Waals surface area contributed by atoms with Crippen molar-refractivity contribution in [1.82, 2.24) is 9.62 Å². The third-order valence-corrected chi connectivity index (χ3v) is 5.41. The molecule has 2 rings (SSSR count). The van der Waals surface area contributed by atoms with E-state index in [0.29, 0.717) is 18.8 Å². The molecule has 0 aliphatic carbocycles. The molecule has 5 nitrogen and oxygen atoms in total. The Morgan fingerprint density at radius 3 is 2.75 bits per heavy atom. The number of nitrogens with one attached hydrogen (secondary N) is 1. The maximum Gasteiger partial charge on any atom is 0.247 e. The summed E-state index contributed by atoms with van der Waals surface area (Å²) in [5.41, 5.74) is 0. The van der Waals surface area contributed by atoms with Crippen molar-refractivity contribution in [3.8, 4) is 5.75 Å². The monoisotopic (exact) mass is 320 g/mol. The van der Waals surface area contributed by atoms with E-state index in [1.807, 2.05) is 7.05 Å². The minimum atomic E-state index is -3.48. The summed E-state index contributed by atoms with van der Waals surface area (Å²) in [4.78, 5) is 0.250. The van der Waals surface area contributed by atoms with Gasteiger partial charge in [-0.25, -0.2) is 8.42 Å². The molecule has 0 bridgehead atoms. The summed E-state index contributed by atoms with van der Waals surface area (Å²) in [6.45, 7) is 1.25. The van der Waals surface area contributed by atoms with Crippen LogP contribution in [0, 0.1) is 0 Å². The molecular formula is C13H21ClN2O3S. The van der Waals surface area contributed by atoms with Crippen LogP contribution in [0.3, 0.4) is 0 Å². The molecule has 1 heterocycles. The second kappa shape index (κ2) is 7.26. The molecule has 1 aromatic rings. The summed E-state index contributed by atoms with van der Waals surface area (Å²) in [7, 11) is -0.155. The number of likely N-dealkylation sites (N-methyl/N-ethyl adjacent to an activating group) is 1.